The van der Waals surface area contributed by atoms with Gasteiger partial charge in [-0.1, -0.05) is 30.3 Å². The highest BCUT2D eigenvalue weighted by Crippen LogP contribution is 2.21. The Kier molecular flexibility index (Phi) is 6.02. The summed E-state index contributed by atoms with van der Waals surface area (Å²) in [6, 6.07) is 14.1. The number of rotatable bonds is 8. The van der Waals surface area contributed by atoms with Gasteiger partial charge in [-0.2, -0.15) is 4.31 Å². The maximum Gasteiger partial charge on any atom is 0.269 e. The molecule has 0 radical (unpaired) electrons. The van der Waals surface area contributed by atoms with Gasteiger partial charge in [-0.25, -0.2) is 8.42 Å². The van der Waals surface area contributed by atoms with Crippen molar-refractivity contribution in [2.75, 3.05) is 20.3 Å². The van der Waals surface area contributed by atoms with Crippen LogP contribution in [0, 0.1) is 10.1 Å². The van der Waals surface area contributed by atoms with Crippen molar-refractivity contribution in [2.24, 2.45) is 0 Å². The fourth-order valence-corrected chi connectivity index (χ4v) is 3.57. The second kappa shape index (κ2) is 8.00. The first kappa shape index (κ1) is 18.1. The molecule has 0 bridgehead atoms. The number of ether oxygens (including phenoxy) is 1. The Hall–Kier alpha value is -2.29. The largest absolute Gasteiger partial charge is 0.383 e. The van der Waals surface area contributed by atoms with Gasteiger partial charge in [0.15, 0.2) is 0 Å². The molecule has 2 aromatic carbocycles. The first-order valence-corrected chi connectivity index (χ1v) is 8.66. The van der Waals surface area contributed by atoms with Crippen LogP contribution in [0.4, 0.5) is 5.69 Å². The fourth-order valence-electron chi connectivity index (χ4n) is 2.15. The molecule has 0 atom stereocenters. The maximum absolute atomic E-state index is 12.8. The molecule has 0 aliphatic carbocycles. The number of non-ortho nitro benzene ring substituents is 1. The SMILES string of the molecule is COCCN(Cc1ccccc1)S(=O)(=O)c1ccc([N+](=O)[O-])cc1. The van der Waals surface area contributed by atoms with Gasteiger partial charge in [0.1, 0.15) is 0 Å². The van der Waals surface area contributed by atoms with E-state index in [4.69, 9.17) is 4.74 Å². The van der Waals surface area contributed by atoms with Crippen LogP contribution in [-0.4, -0.2) is 37.9 Å². The minimum Gasteiger partial charge on any atom is -0.383 e. The van der Waals surface area contributed by atoms with E-state index in [1.165, 1.54) is 35.7 Å². The summed E-state index contributed by atoms with van der Waals surface area (Å²) >= 11 is 0. The predicted molar refractivity (Wildman–Crippen MR) is 89.0 cm³/mol. The van der Waals surface area contributed by atoms with Crippen molar-refractivity contribution < 1.29 is 18.1 Å². The van der Waals surface area contributed by atoms with E-state index >= 15 is 0 Å². The van der Waals surface area contributed by atoms with Gasteiger partial charge in [-0.15, -0.1) is 0 Å². The molecule has 128 valence electrons. The third kappa shape index (κ3) is 4.38. The summed E-state index contributed by atoms with van der Waals surface area (Å²) < 4.78 is 31.9. The van der Waals surface area contributed by atoms with Crippen LogP contribution in [0.5, 0.6) is 0 Å². The first-order valence-electron chi connectivity index (χ1n) is 7.22. The van der Waals surface area contributed by atoms with Crippen molar-refractivity contribution in [1.29, 1.82) is 0 Å². The molecule has 2 aromatic rings. The van der Waals surface area contributed by atoms with Crippen LogP contribution in [0.3, 0.4) is 0 Å². The Bertz CT molecular complexity index is 776. The minimum atomic E-state index is -3.78. The quantitative estimate of drug-likeness (QED) is 0.539. The lowest BCUT2D eigenvalue weighted by atomic mass is 10.2. The second-order valence-electron chi connectivity index (χ2n) is 5.07. The van der Waals surface area contributed by atoms with Crippen LogP contribution in [-0.2, 0) is 21.3 Å². The van der Waals surface area contributed by atoms with E-state index in [-0.39, 0.29) is 30.3 Å². The third-order valence-electron chi connectivity index (χ3n) is 3.43. The molecular formula is C16H18N2O5S. The predicted octanol–water partition coefficient (Wildman–Crippen LogP) is 2.43. The van der Waals surface area contributed by atoms with Crippen molar-refractivity contribution >= 4 is 15.7 Å². The topological polar surface area (TPSA) is 89.8 Å². The summed E-state index contributed by atoms with van der Waals surface area (Å²) in [5.41, 5.74) is 0.694. The molecule has 8 heteroatoms. The highest BCUT2D eigenvalue weighted by Gasteiger charge is 2.25. The smallest absolute Gasteiger partial charge is 0.269 e. The molecular weight excluding hydrogens is 332 g/mol. The summed E-state index contributed by atoms with van der Waals surface area (Å²) in [4.78, 5) is 10.2. The van der Waals surface area contributed by atoms with Gasteiger partial charge in [-0.05, 0) is 17.7 Å². The normalized spacial score (nSPS) is 11.6. The van der Waals surface area contributed by atoms with E-state index in [0.717, 1.165) is 5.56 Å². The number of hydrogen-bond acceptors (Lipinski definition) is 5. The third-order valence-corrected chi connectivity index (χ3v) is 5.29. The Morgan fingerprint density at radius 2 is 1.71 bits per heavy atom. The Labute approximate surface area is 140 Å². The van der Waals surface area contributed by atoms with Crippen LogP contribution in [0.1, 0.15) is 5.56 Å². The molecule has 0 unspecified atom stereocenters. The Morgan fingerprint density at radius 1 is 1.08 bits per heavy atom. The molecule has 0 saturated carbocycles. The average Bonchev–Trinajstić information content (AvgIpc) is 2.59. The van der Waals surface area contributed by atoms with Crippen molar-refractivity contribution in [3.8, 4) is 0 Å². The Balaban J connectivity index is 2.30. The monoisotopic (exact) mass is 350 g/mol. The zero-order chi connectivity index (χ0) is 17.6. The molecule has 0 spiro atoms. The summed E-state index contributed by atoms with van der Waals surface area (Å²) in [5, 5.41) is 10.7. The van der Waals surface area contributed by atoms with E-state index in [0.29, 0.717) is 0 Å². The number of methoxy groups -OCH3 is 1. The average molecular weight is 350 g/mol. The summed E-state index contributed by atoms with van der Waals surface area (Å²) in [7, 11) is -2.28. The summed E-state index contributed by atoms with van der Waals surface area (Å²) in [5.74, 6) is 0. The summed E-state index contributed by atoms with van der Waals surface area (Å²) in [6.07, 6.45) is 0. The first-order chi connectivity index (χ1) is 11.4. The molecule has 24 heavy (non-hydrogen) atoms. The van der Waals surface area contributed by atoms with Crippen LogP contribution < -0.4 is 0 Å². The highest BCUT2D eigenvalue weighted by molar-refractivity contribution is 7.89. The van der Waals surface area contributed by atoms with Gasteiger partial charge in [0, 0.05) is 32.3 Å². The molecule has 7 nitrogen and oxygen atoms in total. The number of nitrogens with zero attached hydrogens (tertiary/aromatic N) is 2. The van der Waals surface area contributed by atoms with Crippen molar-refractivity contribution in [1.82, 2.24) is 4.31 Å². The molecule has 0 aromatic heterocycles. The fraction of sp³-hybridized carbons (Fsp3) is 0.250. The number of hydrogen-bond donors (Lipinski definition) is 0. The van der Waals surface area contributed by atoms with Gasteiger partial charge >= 0.3 is 0 Å². The van der Waals surface area contributed by atoms with Gasteiger partial charge in [0.2, 0.25) is 10.0 Å². The van der Waals surface area contributed by atoms with Gasteiger partial charge in [-0.3, -0.25) is 10.1 Å². The Morgan fingerprint density at radius 3 is 2.25 bits per heavy atom. The van der Waals surface area contributed by atoms with Crippen LogP contribution >= 0.6 is 0 Å². The molecule has 2 rings (SSSR count). The molecule has 0 saturated heterocycles. The van der Waals surface area contributed by atoms with Gasteiger partial charge < -0.3 is 4.74 Å². The number of sulfonamides is 1. The van der Waals surface area contributed by atoms with E-state index < -0.39 is 14.9 Å². The van der Waals surface area contributed by atoms with Crippen LogP contribution in [0.2, 0.25) is 0 Å². The van der Waals surface area contributed by atoms with Gasteiger partial charge in [0.25, 0.3) is 5.69 Å². The zero-order valence-electron chi connectivity index (χ0n) is 13.2. The number of benzene rings is 2. The molecule has 0 amide bonds. The highest BCUT2D eigenvalue weighted by atomic mass is 32.2. The standard InChI is InChI=1S/C16H18N2O5S/c1-23-12-11-17(13-14-5-3-2-4-6-14)24(21,22)16-9-7-15(8-10-16)18(19)20/h2-10H,11-13H2,1H3. The van der Waals surface area contributed by atoms with Crippen molar-refractivity contribution in [3.05, 3.63) is 70.3 Å². The van der Waals surface area contributed by atoms with E-state index in [9.17, 15) is 18.5 Å². The van der Waals surface area contributed by atoms with E-state index in [1.807, 2.05) is 30.3 Å². The molecule has 0 aliphatic heterocycles. The lowest BCUT2D eigenvalue weighted by molar-refractivity contribution is -0.384. The van der Waals surface area contributed by atoms with Crippen molar-refractivity contribution in [3.63, 3.8) is 0 Å². The minimum absolute atomic E-state index is 0.0140. The lowest BCUT2D eigenvalue weighted by Crippen LogP contribution is -2.33. The second-order valence-corrected chi connectivity index (χ2v) is 7.01. The molecule has 0 N–H and O–H groups in total. The van der Waals surface area contributed by atoms with Crippen LogP contribution in [0.15, 0.2) is 59.5 Å². The lowest BCUT2D eigenvalue weighted by Gasteiger charge is -2.22. The zero-order valence-corrected chi connectivity index (χ0v) is 14.0. The summed E-state index contributed by atoms with van der Waals surface area (Å²) in [6.45, 7) is 0.632. The van der Waals surface area contributed by atoms with Crippen LogP contribution in [0.25, 0.3) is 0 Å². The van der Waals surface area contributed by atoms with E-state index in [2.05, 4.69) is 0 Å². The molecule has 0 fully saturated rings. The molecule has 0 aliphatic rings. The van der Waals surface area contributed by atoms with Crippen molar-refractivity contribution in [2.45, 2.75) is 11.4 Å². The molecule has 0 heterocycles. The van der Waals surface area contributed by atoms with E-state index in [1.54, 1.807) is 0 Å². The van der Waals surface area contributed by atoms with Gasteiger partial charge in [0.05, 0.1) is 16.4 Å². The number of nitro groups is 1. The maximum atomic E-state index is 12.8. The number of nitro benzene ring substituents is 1.